The molecule has 3 N–H and O–H groups in total. The normalized spacial score (nSPS) is 9.85. The molecule has 1 aromatic heterocycles. The van der Waals surface area contributed by atoms with Gasteiger partial charge in [0.05, 0.1) is 5.75 Å². The first-order valence-corrected chi connectivity index (χ1v) is 5.19. The van der Waals surface area contributed by atoms with Gasteiger partial charge in [-0.3, -0.25) is 4.79 Å². The number of hydrogen-bond donors (Lipinski definition) is 2. The van der Waals surface area contributed by atoms with Gasteiger partial charge in [-0.15, -0.1) is 23.1 Å². The number of carbonyl (C=O) groups is 2. The molecule has 1 rings (SSSR count). The maximum atomic E-state index is 10.5. The molecule has 6 heteroatoms. The second-order valence-corrected chi connectivity index (χ2v) is 4.17. The van der Waals surface area contributed by atoms with Gasteiger partial charge in [0, 0.05) is 10.3 Å². The zero-order chi connectivity index (χ0) is 9.84. The number of rotatable bonds is 4. The minimum Gasteiger partial charge on any atom is -0.477 e. The molecule has 0 bridgehead atoms. The first-order chi connectivity index (χ1) is 6.09. The summed E-state index contributed by atoms with van der Waals surface area (Å²) in [5.74, 6) is -1.18. The van der Waals surface area contributed by atoms with E-state index >= 15 is 0 Å². The number of amides is 1. The molecule has 13 heavy (non-hydrogen) atoms. The third-order valence-electron chi connectivity index (χ3n) is 1.17. The van der Waals surface area contributed by atoms with Gasteiger partial charge in [0.2, 0.25) is 5.91 Å². The molecule has 0 aliphatic rings. The summed E-state index contributed by atoms with van der Waals surface area (Å²) in [5.41, 5.74) is 4.93. The van der Waals surface area contributed by atoms with Crippen LogP contribution in [0.5, 0.6) is 0 Å². The Morgan fingerprint density at radius 1 is 1.62 bits per heavy atom. The van der Waals surface area contributed by atoms with Crippen LogP contribution in [0.2, 0.25) is 0 Å². The largest absolute Gasteiger partial charge is 0.477 e. The minimum atomic E-state index is -0.948. The van der Waals surface area contributed by atoms with Crippen LogP contribution in [0.3, 0.4) is 0 Å². The first kappa shape index (κ1) is 10.1. The van der Waals surface area contributed by atoms with Crippen LogP contribution in [0.4, 0.5) is 0 Å². The summed E-state index contributed by atoms with van der Waals surface area (Å²) in [6.45, 7) is 0. The molecule has 0 saturated heterocycles. The number of carbonyl (C=O) groups excluding carboxylic acids is 1. The van der Waals surface area contributed by atoms with E-state index < -0.39 is 11.9 Å². The smallest absolute Gasteiger partial charge is 0.345 e. The third kappa shape index (κ3) is 3.08. The number of carboxylic acid groups (broad SMARTS) is 1. The summed E-state index contributed by atoms with van der Waals surface area (Å²) in [6, 6.07) is 1.53. The van der Waals surface area contributed by atoms with Crippen LogP contribution in [0.1, 0.15) is 9.67 Å². The van der Waals surface area contributed by atoms with E-state index in [0.29, 0.717) is 0 Å². The molecule has 70 valence electrons. The van der Waals surface area contributed by atoms with Crippen LogP contribution < -0.4 is 5.73 Å². The zero-order valence-electron chi connectivity index (χ0n) is 6.52. The Morgan fingerprint density at radius 2 is 2.31 bits per heavy atom. The van der Waals surface area contributed by atoms with Crippen molar-refractivity contribution in [1.29, 1.82) is 0 Å². The second-order valence-electron chi connectivity index (χ2n) is 2.21. The Kier molecular flexibility index (Phi) is 3.32. The molecule has 0 spiro atoms. The number of thiophene rings is 1. The molecule has 4 nitrogen and oxygen atoms in total. The molecule has 0 saturated carbocycles. The third-order valence-corrected chi connectivity index (χ3v) is 3.23. The van der Waals surface area contributed by atoms with Crippen LogP contribution in [-0.2, 0) is 4.79 Å². The lowest BCUT2D eigenvalue weighted by Gasteiger charge is -1.91. The molecule has 1 heterocycles. The molecule has 0 aliphatic carbocycles. The van der Waals surface area contributed by atoms with Gasteiger partial charge in [0.1, 0.15) is 4.88 Å². The molecule has 0 aliphatic heterocycles. The number of aromatic carboxylic acids is 1. The molecule has 1 aromatic rings. The summed E-state index contributed by atoms with van der Waals surface area (Å²) >= 11 is 2.38. The standard InChI is InChI=1S/C7H7NO3S2/c8-6(9)3-12-4-1-5(7(10)11)13-2-4/h1-2H,3H2,(H2,8,9)(H,10,11). The van der Waals surface area contributed by atoms with E-state index in [-0.39, 0.29) is 10.6 Å². The average molecular weight is 217 g/mol. The predicted molar refractivity (Wildman–Crippen MR) is 51.2 cm³/mol. The van der Waals surface area contributed by atoms with Crippen molar-refractivity contribution < 1.29 is 14.7 Å². The summed E-state index contributed by atoms with van der Waals surface area (Å²) < 4.78 is 0. The van der Waals surface area contributed by atoms with Crippen LogP contribution in [0.15, 0.2) is 16.3 Å². The highest BCUT2D eigenvalue weighted by molar-refractivity contribution is 8.00. The molecule has 0 atom stereocenters. The van der Waals surface area contributed by atoms with Crippen molar-refractivity contribution in [2.24, 2.45) is 5.73 Å². The Bertz CT molecular complexity index is 334. The lowest BCUT2D eigenvalue weighted by atomic mass is 10.5. The fraction of sp³-hybridized carbons (Fsp3) is 0.143. The molecule has 0 fully saturated rings. The zero-order valence-corrected chi connectivity index (χ0v) is 8.15. The Morgan fingerprint density at radius 3 is 2.77 bits per heavy atom. The van der Waals surface area contributed by atoms with Gasteiger partial charge in [0.25, 0.3) is 0 Å². The molecular weight excluding hydrogens is 210 g/mol. The highest BCUT2D eigenvalue weighted by atomic mass is 32.2. The van der Waals surface area contributed by atoms with Gasteiger partial charge < -0.3 is 10.8 Å². The highest BCUT2D eigenvalue weighted by Crippen LogP contribution is 2.24. The van der Waals surface area contributed by atoms with E-state index in [2.05, 4.69) is 0 Å². The Balaban J connectivity index is 2.59. The summed E-state index contributed by atoms with van der Waals surface area (Å²) in [4.78, 5) is 21.9. The maximum Gasteiger partial charge on any atom is 0.345 e. The van der Waals surface area contributed by atoms with Crippen molar-refractivity contribution in [1.82, 2.24) is 0 Å². The second kappa shape index (κ2) is 4.29. The highest BCUT2D eigenvalue weighted by Gasteiger charge is 2.07. The van der Waals surface area contributed by atoms with E-state index in [1.807, 2.05) is 0 Å². The minimum absolute atomic E-state index is 0.176. The number of nitrogens with two attached hydrogens (primary N) is 1. The predicted octanol–water partition coefficient (Wildman–Crippen LogP) is 1.02. The SMILES string of the molecule is NC(=O)CSc1csc(C(=O)O)c1. The summed E-state index contributed by atoms with van der Waals surface area (Å²) in [6.07, 6.45) is 0. The molecule has 1 amide bonds. The Hall–Kier alpha value is -1.01. The number of primary amides is 1. The van der Waals surface area contributed by atoms with Crippen LogP contribution in [0.25, 0.3) is 0 Å². The summed E-state index contributed by atoms with van der Waals surface area (Å²) in [7, 11) is 0. The van der Waals surface area contributed by atoms with Crippen molar-refractivity contribution in [3.05, 3.63) is 16.3 Å². The van der Waals surface area contributed by atoms with Gasteiger partial charge in [-0.05, 0) is 6.07 Å². The topological polar surface area (TPSA) is 80.4 Å². The van der Waals surface area contributed by atoms with E-state index in [1.165, 1.54) is 17.8 Å². The lowest BCUT2D eigenvalue weighted by molar-refractivity contribution is -0.115. The van der Waals surface area contributed by atoms with Crippen molar-refractivity contribution in [2.75, 3.05) is 5.75 Å². The van der Waals surface area contributed by atoms with Gasteiger partial charge in [0.15, 0.2) is 0 Å². The van der Waals surface area contributed by atoms with Gasteiger partial charge in [-0.25, -0.2) is 4.79 Å². The van der Waals surface area contributed by atoms with E-state index in [9.17, 15) is 9.59 Å². The monoisotopic (exact) mass is 217 g/mol. The van der Waals surface area contributed by atoms with E-state index in [4.69, 9.17) is 10.8 Å². The van der Waals surface area contributed by atoms with Crippen molar-refractivity contribution in [3.8, 4) is 0 Å². The molecular formula is C7H7NO3S2. The molecule has 0 unspecified atom stereocenters. The van der Waals surface area contributed by atoms with Gasteiger partial charge >= 0.3 is 5.97 Å². The van der Waals surface area contributed by atoms with Crippen molar-refractivity contribution in [3.63, 3.8) is 0 Å². The lowest BCUT2D eigenvalue weighted by Crippen LogP contribution is -2.12. The Labute approximate surface area is 82.7 Å². The number of carboxylic acids is 1. The van der Waals surface area contributed by atoms with Crippen LogP contribution in [0, 0.1) is 0 Å². The van der Waals surface area contributed by atoms with Gasteiger partial charge in [-0.1, -0.05) is 0 Å². The van der Waals surface area contributed by atoms with Crippen LogP contribution in [-0.4, -0.2) is 22.7 Å². The molecule has 0 radical (unpaired) electrons. The number of hydrogen-bond acceptors (Lipinski definition) is 4. The quantitative estimate of drug-likeness (QED) is 0.738. The maximum absolute atomic E-state index is 10.5. The van der Waals surface area contributed by atoms with Gasteiger partial charge in [-0.2, -0.15) is 0 Å². The van der Waals surface area contributed by atoms with E-state index in [0.717, 1.165) is 16.2 Å². The fourth-order valence-electron chi connectivity index (χ4n) is 0.661. The summed E-state index contributed by atoms with van der Waals surface area (Å²) in [5, 5.41) is 10.3. The first-order valence-electron chi connectivity index (χ1n) is 3.32. The fourth-order valence-corrected chi connectivity index (χ4v) is 2.27. The van der Waals surface area contributed by atoms with E-state index in [1.54, 1.807) is 5.38 Å². The van der Waals surface area contributed by atoms with Crippen molar-refractivity contribution >= 4 is 35.0 Å². The van der Waals surface area contributed by atoms with Crippen LogP contribution >= 0.6 is 23.1 Å². The number of thioether (sulfide) groups is 1. The average Bonchev–Trinajstić information content (AvgIpc) is 2.48. The van der Waals surface area contributed by atoms with Crippen molar-refractivity contribution in [2.45, 2.75) is 4.90 Å². The molecule has 0 aromatic carbocycles.